The SMILES string of the molecule is O=C(NC1CCS(=O)(=O)CC1)c1cc2sccc2[nH]1. The number of hydrogen-bond donors (Lipinski definition) is 2. The summed E-state index contributed by atoms with van der Waals surface area (Å²) in [4.78, 5) is 15.1. The first kappa shape index (κ1) is 12.7. The van der Waals surface area contributed by atoms with Gasteiger partial charge in [0.15, 0.2) is 0 Å². The predicted octanol–water partition coefficient (Wildman–Crippen LogP) is 1.54. The summed E-state index contributed by atoms with van der Waals surface area (Å²) in [5.41, 5.74) is 1.50. The Balaban J connectivity index is 1.67. The fourth-order valence-electron chi connectivity index (χ4n) is 2.27. The zero-order chi connectivity index (χ0) is 13.5. The van der Waals surface area contributed by atoms with Crippen LogP contribution in [0.25, 0.3) is 10.2 Å². The molecule has 0 bridgehead atoms. The van der Waals surface area contributed by atoms with E-state index < -0.39 is 9.84 Å². The number of rotatable bonds is 2. The maximum atomic E-state index is 12.1. The molecule has 0 unspecified atom stereocenters. The van der Waals surface area contributed by atoms with Gasteiger partial charge in [-0.15, -0.1) is 11.3 Å². The Morgan fingerprint density at radius 2 is 2.11 bits per heavy atom. The first-order chi connectivity index (χ1) is 9.03. The molecule has 0 atom stereocenters. The summed E-state index contributed by atoms with van der Waals surface area (Å²) in [7, 11) is -2.89. The maximum Gasteiger partial charge on any atom is 0.267 e. The van der Waals surface area contributed by atoms with Crippen molar-refractivity contribution >= 4 is 37.3 Å². The molecular formula is C12H14N2O3S2. The van der Waals surface area contributed by atoms with Crippen molar-refractivity contribution in [1.82, 2.24) is 10.3 Å². The molecule has 7 heteroatoms. The standard InChI is InChI=1S/C12H14N2O3S2/c15-12(10-7-11-9(14-10)1-4-18-11)13-8-2-5-19(16,17)6-3-8/h1,4,7-8,14H,2-3,5-6H2,(H,13,15). The number of aromatic amines is 1. The van der Waals surface area contributed by atoms with Gasteiger partial charge in [-0.3, -0.25) is 4.79 Å². The van der Waals surface area contributed by atoms with Crippen LogP contribution in [0.5, 0.6) is 0 Å². The second-order valence-electron chi connectivity index (χ2n) is 4.78. The predicted molar refractivity (Wildman–Crippen MR) is 75.3 cm³/mol. The number of nitrogens with one attached hydrogen (secondary N) is 2. The van der Waals surface area contributed by atoms with E-state index in [1.54, 1.807) is 11.3 Å². The molecule has 0 saturated carbocycles. The third kappa shape index (κ3) is 2.66. The Morgan fingerprint density at radius 1 is 1.37 bits per heavy atom. The van der Waals surface area contributed by atoms with Crippen molar-refractivity contribution in [1.29, 1.82) is 0 Å². The van der Waals surface area contributed by atoms with Gasteiger partial charge in [-0.2, -0.15) is 0 Å². The first-order valence-corrected chi connectivity index (χ1v) is 8.81. The van der Waals surface area contributed by atoms with Gasteiger partial charge in [0.25, 0.3) is 5.91 Å². The Morgan fingerprint density at radius 3 is 2.79 bits per heavy atom. The summed E-state index contributed by atoms with van der Waals surface area (Å²) < 4.78 is 23.7. The molecule has 1 amide bonds. The topological polar surface area (TPSA) is 79.0 Å². The van der Waals surface area contributed by atoms with E-state index in [9.17, 15) is 13.2 Å². The van der Waals surface area contributed by atoms with Gasteiger partial charge in [-0.05, 0) is 30.4 Å². The highest BCUT2D eigenvalue weighted by molar-refractivity contribution is 7.91. The van der Waals surface area contributed by atoms with Crippen LogP contribution in [0.2, 0.25) is 0 Å². The Bertz CT molecular complexity index is 672. The van der Waals surface area contributed by atoms with Gasteiger partial charge in [0.2, 0.25) is 0 Å². The number of carbonyl (C=O) groups is 1. The monoisotopic (exact) mass is 298 g/mol. The molecule has 19 heavy (non-hydrogen) atoms. The average Bonchev–Trinajstić information content (AvgIpc) is 2.92. The number of thiophene rings is 1. The van der Waals surface area contributed by atoms with Gasteiger partial charge in [-0.25, -0.2) is 8.42 Å². The molecule has 0 radical (unpaired) electrons. The van der Waals surface area contributed by atoms with Gasteiger partial charge in [-0.1, -0.05) is 0 Å². The summed E-state index contributed by atoms with van der Waals surface area (Å²) in [6.45, 7) is 0. The average molecular weight is 298 g/mol. The van der Waals surface area contributed by atoms with Gasteiger partial charge in [0, 0.05) is 6.04 Å². The fourth-order valence-corrected chi connectivity index (χ4v) is 4.54. The lowest BCUT2D eigenvalue weighted by molar-refractivity contribution is 0.0930. The summed E-state index contributed by atoms with van der Waals surface area (Å²) >= 11 is 1.58. The zero-order valence-corrected chi connectivity index (χ0v) is 11.8. The summed E-state index contributed by atoms with van der Waals surface area (Å²) in [5, 5.41) is 4.86. The molecule has 3 heterocycles. The third-order valence-electron chi connectivity index (χ3n) is 3.37. The molecule has 2 aromatic heterocycles. The van der Waals surface area contributed by atoms with Crippen molar-refractivity contribution in [3.8, 4) is 0 Å². The van der Waals surface area contributed by atoms with Crippen molar-refractivity contribution < 1.29 is 13.2 Å². The van der Waals surface area contributed by atoms with Crippen molar-refractivity contribution in [2.24, 2.45) is 0 Å². The number of fused-ring (bicyclic) bond motifs is 1. The van der Waals surface area contributed by atoms with E-state index in [0.29, 0.717) is 18.5 Å². The molecule has 2 N–H and O–H groups in total. The van der Waals surface area contributed by atoms with Crippen LogP contribution >= 0.6 is 11.3 Å². The Hall–Kier alpha value is -1.34. The van der Waals surface area contributed by atoms with Gasteiger partial charge >= 0.3 is 0 Å². The lowest BCUT2D eigenvalue weighted by Crippen LogP contribution is -2.40. The normalized spacial score (nSPS) is 19.6. The number of amides is 1. The molecule has 102 valence electrons. The molecule has 1 fully saturated rings. The highest BCUT2D eigenvalue weighted by Crippen LogP contribution is 2.21. The van der Waals surface area contributed by atoms with Crippen LogP contribution in [-0.4, -0.2) is 36.9 Å². The quantitative estimate of drug-likeness (QED) is 0.882. The van der Waals surface area contributed by atoms with E-state index >= 15 is 0 Å². The molecule has 1 saturated heterocycles. The van der Waals surface area contributed by atoms with Gasteiger partial charge in [0.05, 0.1) is 21.7 Å². The van der Waals surface area contributed by atoms with Crippen LogP contribution in [0.1, 0.15) is 23.3 Å². The Kier molecular flexibility index (Phi) is 3.10. The number of aromatic nitrogens is 1. The van der Waals surface area contributed by atoms with Crippen molar-refractivity contribution in [2.45, 2.75) is 18.9 Å². The van der Waals surface area contributed by atoms with Crippen LogP contribution < -0.4 is 5.32 Å². The Labute approximate surface area is 114 Å². The smallest absolute Gasteiger partial charge is 0.267 e. The van der Waals surface area contributed by atoms with E-state index in [1.807, 2.05) is 17.5 Å². The molecule has 1 aliphatic rings. The van der Waals surface area contributed by atoms with Crippen molar-refractivity contribution in [3.63, 3.8) is 0 Å². The molecule has 1 aliphatic heterocycles. The highest BCUT2D eigenvalue weighted by atomic mass is 32.2. The molecule has 0 aliphatic carbocycles. The van der Waals surface area contributed by atoms with E-state index in [2.05, 4.69) is 10.3 Å². The molecule has 5 nitrogen and oxygen atoms in total. The fraction of sp³-hybridized carbons (Fsp3) is 0.417. The summed E-state index contributed by atoms with van der Waals surface area (Å²) in [6, 6.07) is 3.72. The molecule has 3 rings (SSSR count). The van der Waals surface area contributed by atoms with Crippen LogP contribution in [0.15, 0.2) is 17.5 Å². The van der Waals surface area contributed by atoms with Crippen LogP contribution in [0, 0.1) is 0 Å². The lowest BCUT2D eigenvalue weighted by Gasteiger charge is -2.22. The second kappa shape index (κ2) is 4.64. The molecular weight excluding hydrogens is 284 g/mol. The molecule has 0 aromatic carbocycles. The largest absolute Gasteiger partial charge is 0.350 e. The minimum atomic E-state index is -2.89. The molecule has 0 spiro atoms. The van der Waals surface area contributed by atoms with Crippen LogP contribution in [0.3, 0.4) is 0 Å². The highest BCUT2D eigenvalue weighted by Gasteiger charge is 2.25. The summed E-state index contributed by atoms with van der Waals surface area (Å²) in [5.74, 6) is 0.169. The second-order valence-corrected chi connectivity index (χ2v) is 8.03. The lowest BCUT2D eigenvalue weighted by atomic mass is 10.1. The number of H-pyrrole nitrogens is 1. The maximum absolute atomic E-state index is 12.1. The molecule has 2 aromatic rings. The van der Waals surface area contributed by atoms with Crippen LogP contribution in [0.4, 0.5) is 0 Å². The van der Waals surface area contributed by atoms with E-state index in [-0.39, 0.29) is 23.5 Å². The van der Waals surface area contributed by atoms with Gasteiger partial charge < -0.3 is 10.3 Å². The van der Waals surface area contributed by atoms with E-state index in [0.717, 1.165) is 10.2 Å². The van der Waals surface area contributed by atoms with Gasteiger partial charge in [0.1, 0.15) is 15.5 Å². The first-order valence-electron chi connectivity index (χ1n) is 6.11. The summed E-state index contributed by atoms with van der Waals surface area (Å²) in [6.07, 6.45) is 1.01. The minimum absolute atomic E-state index is 0.0441. The van der Waals surface area contributed by atoms with E-state index in [1.165, 1.54) is 0 Å². The van der Waals surface area contributed by atoms with Crippen molar-refractivity contribution in [2.75, 3.05) is 11.5 Å². The number of hydrogen-bond acceptors (Lipinski definition) is 4. The third-order valence-corrected chi connectivity index (χ3v) is 5.95. The number of carbonyl (C=O) groups excluding carboxylic acids is 1. The van der Waals surface area contributed by atoms with Crippen LogP contribution in [-0.2, 0) is 9.84 Å². The number of sulfone groups is 1. The van der Waals surface area contributed by atoms with Crippen molar-refractivity contribution in [3.05, 3.63) is 23.2 Å². The zero-order valence-electron chi connectivity index (χ0n) is 10.2. The van der Waals surface area contributed by atoms with E-state index in [4.69, 9.17) is 0 Å². The minimum Gasteiger partial charge on any atom is -0.350 e.